The van der Waals surface area contributed by atoms with Gasteiger partial charge >= 0.3 is 11.4 Å². The summed E-state index contributed by atoms with van der Waals surface area (Å²) in [7, 11) is 0. The van der Waals surface area contributed by atoms with Crippen LogP contribution < -0.4 is 11.4 Å². The van der Waals surface area contributed by atoms with E-state index in [9.17, 15) is 19.8 Å². The smallest absolute Gasteiger partial charge is 0.349 e. The van der Waals surface area contributed by atoms with Gasteiger partial charge in [0.15, 0.2) is 6.23 Å². The van der Waals surface area contributed by atoms with Gasteiger partial charge < -0.3 is 24.4 Å². The van der Waals surface area contributed by atoms with Crippen molar-refractivity contribution in [2.24, 2.45) is 0 Å². The van der Waals surface area contributed by atoms with Crippen molar-refractivity contribution in [1.82, 2.24) is 19.1 Å². The third-order valence-electron chi connectivity index (χ3n) is 6.04. The molecule has 0 saturated carbocycles. The molecule has 0 spiro atoms. The largest absolute Gasteiger partial charge is 0.390 e. The van der Waals surface area contributed by atoms with Crippen molar-refractivity contribution in [3.05, 3.63) is 69.0 Å². The Morgan fingerprint density at radius 1 is 1.09 bits per heavy atom. The molecule has 11 heteroatoms. The van der Waals surface area contributed by atoms with E-state index in [1.165, 1.54) is 9.13 Å². The van der Waals surface area contributed by atoms with E-state index >= 15 is 0 Å². The fraction of sp³-hybridized carbons (Fsp3) is 0.565. The molecule has 2 N–H and O–H groups in total. The SMILES string of the molecule is C=C(C)CC1OC(n2ccc(C)nc2=O)C(OCC2OC(n3ccc(C)nc3=O)CC2O)C1O. The van der Waals surface area contributed by atoms with Gasteiger partial charge in [0.1, 0.15) is 24.5 Å². The molecule has 0 aliphatic carbocycles. The third kappa shape index (κ3) is 5.03. The van der Waals surface area contributed by atoms with E-state index in [-0.39, 0.29) is 13.0 Å². The molecule has 4 rings (SSSR count). The average Bonchev–Trinajstić information content (AvgIpc) is 3.26. The number of ether oxygens (including phenoxy) is 3. The van der Waals surface area contributed by atoms with Crippen molar-refractivity contribution >= 4 is 0 Å². The van der Waals surface area contributed by atoms with Gasteiger partial charge in [0, 0.05) is 30.2 Å². The van der Waals surface area contributed by atoms with E-state index in [0.717, 1.165) is 5.57 Å². The fourth-order valence-corrected chi connectivity index (χ4v) is 4.28. The fourth-order valence-electron chi connectivity index (χ4n) is 4.28. The van der Waals surface area contributed by atoms with E-state index in [0.29, 0.717) is 17.8 Å². The number of aryl methyl sites for hydroxylation is 2. The van der Waals surface area contributed by atoms with Crippen LogP contribution in [0.2, 0.25) is 0 Å². The highest BCUT2D eigenvalue weighted by molar-refractivity contribution is 5.03. The van der Waals surface area contributed by atoms with Crippen LogP contribution in [0.25, 0.3) is 0 Å². The van der Waals surface area contributed by atoms with Crippen LogP contribution in [0.5, 0.6) is 0 Å². The molecule has 7 atom stereocenters. The van der Waals surface area contributed by atoms with Crippen LogP contribution in [0.1, 0.15) is 43.6 Å². The second-order valence-electron chi connectivity index (χ2n) is 8.96. The molecule has 0 bridgehead atoms. The topological polar surface area (TPSA) is 138 Å². The summed E-state index contributed by atoms with van der Waals surface area (Å²) in [5, 5.41) is 21.4. The zero-order valence-electron chi connectivity index (χ0n) is 19.4. The zero-order chi connectivity index (χ0) is 24.6. The Balaban J connectivity index is 1.50. The van der Waals surface area contributed by atoms with E-state index in [1.807, 2.05) is 6.92 Å². The predicted molar refractivity (Wildman–Crippen MR) is 120 cm³/mol. The lowest BCUT2D eigenvalue weighted by molar-refractivity contribution is -0.118. The number of hydrogen-bond acceptors (Lipinski definition) is 9. The van der Waals surface area contributed by atoms with Crippen LogP contribution in [0, 0.1) is 13.8 Å². The van der Waals surface area contributed by atoms with Gasteiger partial charge in [-0.15, -0.1) is 6.58 Å². The minimum absolute atomic E-state index is 0.0822. The molecule has 2 fully saturated rings. The first kappa shape index (κ1) is 24.4. The summed E-state index contributed by atoms with van der Waals surface area (Å²) in [5.41, 5.74) is 0.973. The van der Waals surface area contributed by atoms with Gasteiger partial charge in [0.2, 0.25) is 0 Å². The second kappa shape index (κ2) is 9.88. The molecule has 2 aromatic heterocycles. The molecule has 7 unspecified atom stereocenters. The molecule has 11 nitrogen and oxygen atoms in total. The zero-order valence-corrected chi connectivity index (χ0v) is 19.4. The predicted octanol–water partition coefficient (Wildman–Crippen LogP) is 0.375. The average molecular weight is 475 g/mol. The lowest BCUT2D eigenvalue weighted by atomic mass is 10.0. The number of rotatable bonds is 7. The minimum Gasteiger partial charge on any atom is -0.390 e. The highest BCUT2D eigenvalue weighted by Crippen LogP contribution is 2.35. The van der Waals surface area contributed by atoms with E-state index in [2.05, 4.69) is 16.5 Å². The number of aliphatic hydroxyl groups excluding tert-OH is 2. The van der Waals surface area contributed by atoms with Gasteiger partial charge in [-0.05, 0) is 39.3 Å². The molecule has 0 radical (unpaired) electrons. The minimum atomic E-state index is -1.05. The van der Waals surface area contributed by atoms with Gasteiger partial charge in [0.25, 0.3) is 0 Å². The van der Waals surface area contributed by atoms with Gasteiger partial charge in [-0.1, -0.05) is 5.57 Å². The summed E-state index contributed by atoms with van der Waals surface area (Å²) in [5.74, 6) is 0. The van der Waals surface area contributed by atoms with Crippen molar-refractivity contribution in [3.63, 3.8) is 0 Å². The van der Waals surface area contributed by atoms with E-state index < -0.39 is 54.4 Å². The highest BCUT2D eigenvalue weighted by atomic mass is 16.6. The molecule has 184 valence electrons. The number of aliphatic hydroxyl groups is 2. The Labute approximate surface area is 196 Å². The summed E-state index contributed by atoms with van der Waals surface area (Å²) >= 11 is 0. The van der Waals surface area contributed by atoms with Gasteiger partial charge in [0.05, 0.1) is 18.8 Å². The normalized spacial score (nSPS) is 31.1. The molecule has 2 saturated heterocycles. The Bertz CT molecular complexity index is 1160. The Morgan fingerprint density at radius 3 is 2.29 bits per heavy atom. The van der Waals surface area contributed by atoms with Crippen molar-refractivity contribution in [2.45, 2.75) is 76.6 Å². The molecule has 34 heavy (non-hydrogen) atoms. The Kier molecular flexibility index (Phi) is 7.10. The Morgan fingerprint density at radius 2 is 1.71 bits per heavy atom. The number of nitrogens with zero attached hydrogens (tertiary/aromatic N) is 4. The Hall–Kier alpha value is -2.70. The van der Waals surface area contributed by atoms with Gasteiger partial charge in [-0.2, -0.15) is 9.97 Å². The lowest BCUT2D eigenvalue weighted by Gasteiger charge is -2.24. The maximum absolute atomic E-state index is 12.5. The first-order chi connectivity index (χ1) is 16.1. The second-order valence-corrected chi connectivity index (χ2v) is 8.96. The monoisotopic (exact) mass is 474 g/mol. The molecule has 2 aliphatic rings. The molecular weight excluding hydrogens is 444 g/mol. The van der Waals surface area contributed by atoms with Crippen molar-refractivity contribution in [3.8, 4) is 0 Å². The van der Waals surface area contributed by atoms with Crippen molar-refractivity contribution < 1.29 is 24.4 Å². The maximum Gasteiger partial charge on any atom is 0.349 e. The summed E-state index contributed by atoms with van der Waals surface area (Å²) in [6, 6.07) is 3.36. The molecule has 0 aromatic carbocycles. The molecule has 4 heterocycles. The van der Waals surface area contributed by atoms with Gasteiger partial charge in [-0.3, -0.25) is 9.13 Å². The highest BCUT2D eigenvalue weighted by Gasteiger charge is 2.47. The van der Waals surface area contributed by atoms with E-state index in [4.69, 9.17) is 14.2 Å². The van der Waals surface area contributed by atoms with Crippen molar-refractivity contribution in [2.75, 3.05) is 6.61 Å². The summed E-state index contributed by atoms with van der Waals surface area (Å²) in [6.07, 6.45) is -2.14. The quantitative estimate of drug-likeness (QED) is 0.545. The summed E-state index contributed by atoms with van der Waals surface area (Å²) in [6.45, 7) is 9.04. The molecular formula is C23H30N4O7. The lowest BCUT2D eigenvalue weighted by Crippen LogP contribution is -2.40. The van der Waals surface area contributed by atoms with Crippen LogP contribution in [-0.2, 0) is 14.2 Å². The first-order valence-corrected chi connectivity index (χ1v) is 11.2. The standard InChI is InChI=1S/C23H30N4O7/c1-12(2)9-16-19(29)20(21(34-16)27-8-6-14(4)25-23(27)31)32-11-17-15(28)10-18(33-17)26-7-5-13(3)24-22(26)30/h5-8,15-21,28-29H,1,9-11H2,2-4H3. The van der Waals surface area contributed by atoms with Crippen LogP contribution in [0.4, 0.5) is 0 Å². The molecule has 0 amide bonds. The molecule has 2 aromatic rings. The third-order valence-corrected chi connectivity index (χ3v) is 6.04. The maximum atomic E-state index is 12.5. The van der Waals surface area contributed by atoms with Crippen LogP contribution in [0.3, 0.4) is 0 Å². The number of aromatic nitrogens is 4. The number of hydrogen-bond donors (Lipinski definition) is 2. The van der Waals surface area contributed by atoms with Crippen LogP contribution in [0.15, 0.2) is 46.3 Å². The summed E-state index contributed by atoms with van der Waals surface area (Å²) < 4.78 is 20.5. The van der Waals surface area contributed by atoms with Crippen LogP contribution >= 0.6 is 0 Å². The molecule has 2 aliphatic heterocycles. The summed E-state index contributed by atoms with van der Waals surface area (Å²) in [4.78, 5) is 32.5. The van der Waals surface area contributed by atoms with Crippen molar-refractivity contribution in [1.29, 1.82) is 0 Å². The first-order valence-electron chi connectivity index (χ1n) is 11.2. The van der Waals surface area contributed by atoms with E-state index in [1.54, 1.807) is 38.4 Å². The van der Waals surface area contributed by atoms with Gasteiger partial charge in [-0.25, -0.2) is 9.59 Å². The van der Waals surface area contributed by atoms with Crippen LogP contribution in [-0.4, -0.2) is 66.4 Å².